The van der Waals surface area contributed by atoms with Crippen molar-refractivity contribution in [2.45, 2.75) is 24.7 Å². The van der Waals surface area contributed by atoms with E-state index in [1.807, 2.05) is 18.2 Å². The lowest BCUT2D eigenvalue weighted by molar-refractivity contribution is -0.107. The van der Waals surface area contributed by atoms with Crippen LogP contribution in [0.2, 0.25) is 0 Å². The van der Waals surface area contributed by atoms with Gasteiger partial charge < -0.3 is 19.9 Å². The summed E-state index contributed by atoms with van der Waals surface area (Å²) in [6.45, 7) is 1.11. The second-order valence-corrected chi connectivity index (χ2v) is 6.23. The Balaban J connectivity index is 1.91. The molecule has 0 saturated heterocycles. The summed E-state index contributed by atoms with van der Waals surface area (Å²) in [6, 6.07) is 5.86. The monoisotopic (exact) mass is 393 g/mol. The Bertz CT molecular complexity index is 430. The first-order valence-electron chi connectivity index (χ1n) is 6.09. The molecule has 2 rings (SSSR count). The molecular weight excluding hydrogens is 378 g/mol. The fraction of sp³-hybridized carbons (Fsp3) is 0.538. The lowest BCUT2D eigenvalue weighted by Crippen LogP contribution is -2.59. The minimum absolute atomic E-state index is 0.00401. The summed E-state index contributed by atoms with van der Waals surface area (Å²) in [5, 5.41) is 0. The van der Waals surface area contributed by atoms with Gasteiger partial charge in [-0.1, -0.05) is 15.9 Å². The summed E-state index contributed by atoms with van der Waals surface area (Å²) >= 11 is 6.89. The third kappa shape index (κ3) is 3.92. The number of nitrogens with two attached hydrogens (primary N) is 1. The van der Waals surface area contributed by atoms with Gasteiger partial charge in [-0.05, 0) is 34.1 Å². The molecule has 0 bridgehead atoms. The van der Waals surface area contributed by atoms with Crippen molar-refractivity contribution in [3.05, 3.63) is 27.1 Å². The van der Waals surface area contributed by atoms with Crippen LogP contribution in [0, 0.1) is 0 Å². The van der Waals surface area contributed by atoms with E-state index in [1.54, 1.807) is 7.11 Å². The molecule has 1 aromatic carbocycles. The highest BCUT2D eigenvalue weighted by atomic mass is 79.9. The molecule has 2 N–H and O–H groups in total. The van der Waals surface area contributed by atoms with Crippen LogP contribution >= 0.6 is 31.9 Å². The second kappa shape index (κ2) is 7.04. The highest BCUT2D eigenvalue weighted by molar-refractivity contribution is 9.11. The molecule has 19 heavy (non-hydrogen) atoms. The summed E-state index contributed by atoms with van der Waals surface area (Å²) in [7, 11) is 1.65. The van der Waals surface area contributed by atoms with Gasteiger partial charge in [-0.3, -0.25) is 0 Å². The van der Waals surface area contributed by atoms with Crippen molar-refractivity contribution in [1.82, 2.24) is 0 Å². The molecule has 0 heterocycles. The molecular formula is C13H17Br2NO3. The third-order valence-electron chi connectivity index (χ3n) is 3.06. The van der Waals surface area contributed by atoms with E-state index in [1.165, 1.54) is 0 Å². The van der Waals surface area contributed by atoms with Gasteiger partial charge in [0.1, 0.15) is 18.0 Å². The van der Waals surface area contributed by atoms with E-state index in [0.29, 0.717) is 13.2 Å². The molecule has 1 aliphatic carbocycles. The quantitative estimate of drug-likeness (QED) is 0.753. The first kappa shape index (κ1) is 15.3. The van der Waals surface area contributed by atoms with Crippen molar-refractivity contribution in [1.29, 1.82) is 0 Å². The Kier molecular flexibility index (Phi) is 5.65. The molecule has 4 nitrogen and oxygen atoms in total. The zero-order chi connectivity index (χ0) is 13.8. The Morgan fingerprint density at radius 2 is 2.11 bits per heavy atom. The number of methoxy groups -OCH3 is 1. The Hall–Kier alpha value is -0.140. The molecule has 0 radical (unpaired) electrons. The zero-order valence-electron chi connectivity index (χ0n) is 10.6. The van der Waals surface area contributed by atoms with E-state index in [-0.39, 0.29) is 18.2 Å². The van der Waals surface area contributed by atoms with Gasteiger partial charge in [0.05, 0.1) is 17.7 Å². The van der Waals surface area contributed by atoms with Crippen LogP contribution < -0.4 is 10.5 Å². The largest absolute Gasteiger partial charge is 0.486 e. The fourth-order valence-electron chi connectivity index (χ4n) is 1.96. The maximum absolute atomic E-state index is 5.95. The van der Waals surface area contributed by atoms with Gasteiger partial charge in [-0.15, -0.1) is 0 Å². The van der Waals surface area contributed by atoms with Gasteiger partial charge in [0, 0.05) is 24.0 Å². The van der Waals surface area contributed by atoms with Crippen LogP contribution in [0.4, 0.5) is 0 Å². The van der Waals surface area contributed by atoms with Gasteiger partial charge in [0.2, 0.25) is 0 Å². The SMILES string of the molecule is COCCOC1C(N)CC1Oc1ccc(Br)cc1Br. The van der Waals surface area contributed by atoms with Gasteiger partial charge in [-0.25, -0.2) is 0 Å². The van der Waals surface area contributed by atoms with E-state index in [2.05, 4.69) is 31.9 Å². The van der Waals surface area contributed by atoms with Crippen LogP contribution in [0.25, 0.3) is 0 Å². The highest BCUT2D eigenvalue weighted by Crippen LogP contribution is 2.33. The number of halogens is 2. The molecule has 3 unspecified atom stereocenters. The number of benzene rings is 1. The molecule has 1 fully saturated rings. The molecule has 0 spiro atoms. The van der Waals surface area contributed by atoms with Crippen molar-refractivity contribution >= 4 is 31.9 Å². The number of hydrogen-bond acceptors (Lipinski definition) is 4. The standard InChI is InChI=1S/C13H17Br2NO3/c1-17-4-5-18-13-10(16)7-12(13)19-11-3-2-8(14)6-9(11)15/h2-3,6,10,12-13H,4-5,7,16H2,1H3. The third-order valence-corrected chi connectivity index (χ3v) is 4.18. The van der Waals surface area contributed by atoms with E-state index in [4.69, 9.17) is 19.9 Å². The maximum atomic E-state index is 5.95. The minimum atomic E-state index is -0.0642. The second-order valence-electron chi connectivity index (χ2n) is 4.46. The maximum Gasteiger partial charge on any atom is 0.134 e. The van der Waals surface area contributed by atoms with Crippen molar-refractivity contribution in [3.8, 4) is 5.75 Å². The van der Waals surface area contributed by atoms with E-state index >= 15 is 0 Å². The van der Waals surface area contributed by atoms with Gasteiger partial charge in [-0.2, -0.15) is 0 Å². The van der Waals surface area contributed by atoms with Crippen molar-refractivity contribution in [2.75, 3.05) is 20.3 Å². The first-order chi connectivity index (χ1) is 9.11. The summed E-state index contributed by atoms with van der Waals surface area (Å²) in [4.78, 5) is 0. The van der Waals surface area contributed by atoms with E-state index in [0.717, 1.165) is 21.1 Å². The number of hydrogen-bond donors (Lipinski definition) is 1. The molecule has 6 heteroatoms. The normalized spacial score (nSPS) is 26.0. The molecule has 0 aromatic heterocycles. The van der Waals surface area contributed by atoms with Crippen LogP contribution in [-0.2, 0) is 9.47 Å². The molecule has 0 amide bonds. The molecule has 3 atom stereocenters. The first-order valence-corrected chi connectivity index (χ1v) is 7.68. The average molecular weight is 395 g/mol. The Labute approximate surface area is 129 Å². The van der Waals surface area contributed by atoms with Gasteiger partial charge >= 0.3 is 0 Å². The summed E-state index contributed by atoms with van der Waals surface area (Å²) in [5.74, 6) is 0.806. The molecule has 1 saturated carbocycles. The smallest absolute Gasteiger partial charge is 0.134 e. The number of ether oxygens (including phenoxy) is 3. The Morgan fingerprint density at radius 3 is 2.74 bits per heavy atom. The Morgan fingerprint density at radius 1 is 1.32 bits per heavy atom. The van der Waals surface area contributed by atoms with Crippen LogP contribution in [0.15, 0.2) is 27.1 Å². The summed E-state index contributed by atoms with van der Waals surface area (Å²) in [6.07, 6.45) is 0.746. The molecule has 1 aliphatic rings. The van der Waals surface area contributed by atoms with E-state index < -0.39 is 0 Å². The fourth-order valence-corrected chi connectivity index (χ4v) is 3.10. The molecule has 106 valence electrons. The summed E-state index contributed by atoms with van der Waals surface area (Å²) in [5.41, 5.74) is 5.95. The average Bonchev–Trinajstić information content (AvgIpc) is 2.37. The lowest BCUT2D eigenvalue weighted by atomic mass is 9.86. The van der Waals surface area contributed by atoms with E-state index in [9.17, 15) is 0 Å². The van der Waals surface area contributed by atoms with Gasteiger partial charge in [0.15, 0.2) is 0 Å². The van der Waals surface area contributed by atoms with Crippen LogP contribution in [0.3, 0.4) is 0 Å². The van der Waals surface area contributed by atoms with Crippen molar-refractivity contribution in [2.24, 2.45) is 5.73 Å². The lowest BCUT2D eigenvalue weighted by Gasteiger charge is -2.41. The van der Waals surface area contributed by atoms with Gasteiger partial charge in [0.25, 0.3) is 0 Å². The zero-order valence-corrected chi connectivity index (χ0v) is 13.8. The predicted octanol–water partition coefficient (Wildman–Crippen LogP) is 2.72. The van der Waals surface area contributed by atoms with Crippen LogP contribution in [0.1, 0.15) is 6.42 Å². The highest BCUT2D eigenvalue weighted by Gasteiger charge is 2.41. The minimum Gasteiger partial charge on any atom is -0.486 e. The van der Waals surface area contributed by atoms with Crippen LogP contribution in [-0.4, -0.2) is 38.6 Å². The molecule has 1 aromatic rings. The summed E-state index contributed by atoms with van der Waals surface area (Å²) < 4.78 is 18.5. The molecule has 0 aliphatic heterocycles. The topological polar surface area (TPSA) is 53.7 Å². The predicted molar refractivity (Wildman–Crippen MR) is 80.5 cm³/mol. The van der Waals surface area contributed by atoms with Crippen molar-refractivity contribution in [3.63, 3.8) is 0 Å². The number of rotatable bonds is 6. The van der Waals surface area contributed by atoms with Crippen LogP contribution in [0.5, 0.6) is 5.75 Å². The van der Waals surface area contributed by atoms with Crippen molar-refractivity contribution < 1.29 is 14.2 Å².